The zero-order valence-corrected chi connectivity index (χ0v) is 7.48. The second-order valence-corrected chi connectivity index (χ2v) is 2.66. The molecular formula is C11H12N2. The molecule has 0 fully saturated rings. The summed E-state index contributed by atoms with van der Waals surface area (Å²) in [5.41, 5.74) is 1.06. The molecule has 0 saturated carbocycles. The van der Waals surface area contributed by atoms with Crippen molar-refractivity contribution in [2.24, 2.45) is 0 Å². The maximum atomic E-state index is 8.60. The summed E-state index contributed by atoms with van der Waals surface area (Å²) in [7, 11) is 0. The largest absolute Gasteiger partial charge is 0.354 e. The molecule has 0 spiro atoms. The Balaban J connectivity index is 2.76. The van der Waals surface area contributed by atoms with Crippen molar-refractivity contribution in [1.29, 1.82) is 5.26 Å². The lowest BCUT2D eigenvalue weighted by atomic mass is 10.3. The molecule has 0 atom stereocenters. The lowest BCUT2D eigenvalue weighted by Crippen LogP contribution is -2.23. The number of nitrogens with zero attached hydrogens (tertiary/aromatic N) is 2. The van der Waals surface area contributed by atoms with Crippen LogP contribution in [0.2, 0.25) is 0 Å². The highest BCUT2D eigenvalue weighted by atomic mass is 15.1. The molecule has 13 heavy (non-hydrogen) atoms. The minimum Gasteiger partial charge on any atom is -0.354 e. The van der Waals surface area contributed by atoms with E-state index < -0.39 is 0 Å². The Kier molecular flexibility index (Phi) is 3.59. The van der Waals surface area contributed by atoms with Crippen LogP contribution in [0.25, 0.3) is 0 Å². The van der Waals surface area contributed by atoms with E-state index in [1.807, 2.05) is 35.2 Å². The molecule has 0 aromatic heterocycles. The second-order valence-electron chi connectivity index (χ2n) is 2.66. The van der Waals surface area contributed by atoms with Crippen LogP contribution in [0.3, 0.4) is 0 Å². The van der Waals surface area contributed by atoms with Crippen molar-refractivity contribution < 1.29 is 0 Å². The van der Waals surface area contributed by atoms with Crippen LogP contribution >= 0.6 is 0 Å². The van der Waals surface area contributed by atoms with Crippen LogP contribution in [0, 0.1) is 11.3 Å². The van der Waals surface area contributed by atoms with E-state index in [1.54, 1.807) is 6.08 Å². The van der Waals surface area contributed by atoms with Gasteiger partial charge in [-0.3, -0.25) is 0 Å². The van der Waals surface area contributed by atoms with Crippen LogP contribution < -0.4 is 4.90 Å². The smallest absolute Gasteiger partial charge is 0.106 e. The lowest BCUT2D eigenvalue weighted by Gasteiger charge is -2.19. The van der Waals surface area contributed by atoms with Crippen LogP contribution in [0.15, 0.2) is 43.0 Å². The molecule has 0 radical (unpaired) electrons. The third-order valence-corrected chi connectivity index (χ3v) is 1.73. The Morgan fingerprint density at radius 1 is 1.38 bits per heavy atom. The van der Waals surface area contributed by atoms with Crippen molar-refractivity contribution in [1.82, 2.24) is 0 Å². The quantitative estimate of drug-likeness (QED) is 0.514. The van der Waals surface area contributed by atoms with Gasteiger partial charge in [-0.15, -0.1) is 6.58 Å². The average molecular weight is 172 g/mol. The third-order valence-electron chi connectivity index (χ3n) is 1.73. The maximum Gasteiger partial charge on any atom is 0.106 e. The van der Waals surface area contributed by atoms with E-state index in [2.05, 4.69) is 12.6 Å². The second kappa shape index (κ2) is 5.00. The highest BCUT2D eigenvalue weighted by molar-refractivity contribution is 5.47. The molecule has 0 N–H and O–H groups in total. The lowest BCUT2D eigenvalue weighted by molar-refractivity contribution is 0.962. The van der Waals surface area contributed by atoms with Gasteiger partial charge >= 0.3 is 0 Å². The van der Waals surface area contributed by atoms with E-state index in [4.69, 9.17) is 5.26 Å². The third kappa shape index (κ3) is 2.64. The fourth-order valence-electron chi connectivity index (χ4n) is 1.14. The Labute approximate surface area is 78.7 Å². The molecule has 0 aliphatic rings. The van der Waals surface area contributed by atoms with Gasteiger partial charge < -0.3 is 4.90 Å². The molecule has 0 aliphatic heterocycles. The number of hydrogen-bond donors (Lipinski definition) is 0. The number of para-hydroxylation sites is 1. The van der Waals surface area contributed by atoms with Crippen molar-refractivity contribution in [3.63, 3.8) is 0 Å². The predicted octanol–water partition coefficient (Wildman–Crippen LogP) is 2.20. The minimum atomic E-state index is 0.399. The first-order valence-electron chi connectivity index (χ1n) is 4.16. The molecule has 0 amide bonds. The topological polar surface area (TPSA) is 27.0 Å². The molecule has 0 unspecified atom stereocenters. The normalized spacial score (nSPS) is 8.85. The first kappa shape index (κ1) is 9.34. The molecule has 1 aromatic carbocycles. The van der Waals surface area contributed by atoms with Crippen molar-refractivity contribution in [3.8, 4) is 6.07 Å². The molecule has 0 bridgehead atoms. The Bertz CT molecular complexity index is 298. The van der Waals surface area contributed by atoms with Crippen LogP contribution in [-0.2, 0) is 0 Å². The SMILES string of the molecule is C=CCN(CC#N)c1ccccc1. The van der Waals surface area contributed by atoms with Gasteiger partial charge in [-0.2, -0.15) is 5.26 Å². The van der Waals surface area contributed by atoms with Crippen LogP contribution in [-0.4, -0.2) is 13.1 Å². The number of hydrogen-bond acceptors (Lipinski definition) is 2. The van der Waals surface area contributed by atoms with Gasteiger partial charge in [-0.05, 0) is 12.1 Å². The van der Waals surface area contributed by atoms with Gasteiger partial charge in [-0.25, -0.2) is 0 Å². The highest BCUT2D eigenvalue weighted by Gasteiger charge is 2.01. The van der Waals surface area contributed by atoms with Gasteiger partial charge in [0.25, 0.3) is 0 Å². The summed E-state index contributed by atoms with van der Waals surface area (Å²) in [6.45, 7) is 4.76. The molecule has 1 rings (SSSR count). The molecule has 0 saturated heterocycles. The van der Waals surface area contributed by atoms with Gasteiger partial charge in [-0.1, -0.05) is 24.3 Å². The maximum absolute atomic E-state index is 8.60. The average Bonchev–Trinajstić information content (AvgIpc) is 2.19. The summed E-state index contributed by atoms with van der Waals surface area (Å²) in [5.74, 6) is 0. The summed E-state index contributed by atoms with van der Waals surface area (Å²) < 4.78 is 0. The highest BCUT2D eigenvalue weighted by Crippen LogP contribution is 2.11. The predicted molar refractivity (Wildman–Crippen MR) is 54.5 cm³/mol. The van der Waals surface area contributed by atoms with Gasteiger partial charge in [0.15, 0.2) is 0 Å². The van der Waals surface area contributed by atoms with E-state index in [1.165, 1.54) is 0 Å². The fourth-order valence-corrected chi connectivity index (χ4v) is 1.14. The first-order valence-corrected chi connectivity index (χ1v) is 4.16. The fraction of sp³-hybridized carbons (Fsp3) is 0.182. The Morgan fingerprint density at radius 3 is 2.62 bits per heavy atom. The van der Waals surface area contributed by atoms with E-state index in [-0.39, 0.29) is 0 Å². The first-order chi connectivity index (χ1) is 6.38. The van der Waals surface area contributed by atoms with E-state index >= 15 is 0 Å². The van der Waals surface area contributed by atoms with E-state index in [0.717, 1.165) is 5.69 Å². The Hall–Kier alpha value is -1.75. The van der Waals surface area contributed by atoms with Crippen molar-refractivity contribution in [3.05, 3.63) is 43.0 Å². The number of nitriles is 1. The van der Waals surface area contributed by atoms with Gasteiger partial charge in [0.1, 0.15) is 6.54 Å². The summed E-state index contributed by atoms with van der Waals surface area (Å²) in [6, 6.07) is 12.0. The minimum absolute atomic E-state index is 0.399. The van der Waals surface area contributed by atoms with Crippen LogP contribution in [0.5, 0.6) is 0 Å². The standard InChI is InChI=1S/C11H12N2/c1-2-9-13(10-8-12)11-6-4-3-5-7-11/h2-7H,1,9-10H2. The monoisotopic (exact) mass is 172 g/mol. The zero-order valence-electron chi connectivity index (χ0n) is 7.48. The molecule has 1 aromatic rings. The van der Waals surface area contributed by atoms with E-state index in [9.17, 15) is 0 Å². The summed E-state index contributed by atoms with van der Waals surface area (Å²) in [6.07, 6.45) is 1.80. The summed E-state index contributed by atoms with van der Waals surface area (Å²) >= 11 is 0. The zero-order chi connectivity index (χ0) is 9.52. The number of benzene rings is 1. The molecule has 0 heterocycles. The number of rotatable bonds is 4. The number of anilines is 1. The molecule has 66 valence electrons. The van der Waals surface area contributed by atoms with Gasteiger partial charge in [0, 0.05) is 12.2 Å². The summed E-state index contributed by atoms with van der Waals surface area (Å²) in [4.78, 5) is 1.97. The summed E-state index contributed by atoms with van der Waals surface area (Å²) in [5, 5.41) is 8.60. The Morgan fingerprint density at radius 2 is 2.08 bits per heavy atom. The molecule has 0 aliphatic carbocycles. The van der Waals surface area contributed by atoms with E-state index in [0.29, 0.717) is 13.1 Å². The van der Waals surface area contributed by atoms with Gasteiger partial charge in [0.2, 0.25) is 0 Å². The molecule has 2 nitrogen and oxygen atoms in total. The molecular weight excluding hydrogens is 160 g/mol. The molecule has 2 heteroatoms. The van der Waals surface area contributed by atoms with Crippen LogP contribution in [0.1, 0.15) is 0 Å². The van der Waals surface area contributed by atoms with Crippen molar-refractivity contribution >= 4 is 5.69 Å². The van der Waals surface area contributed by atoms with Crippen molar-refractivity contribution in [2.45, 2.75) is 0 Å². The van der Waals surface area contributed by atoms with Gasteiger partial charge in [0.05, 0.1) is 6.07 Å². The van der Waals surface area contributed by atoms with Crippen molar-refractivity contribution in [2.75, 3.05) is 18.0 Å². The van der Waals surface area contributed by atoms with Crippen LogP contribution in [0.4, 0.5) is 5.69 Å².